The van der Waals surface area contributed by atoms with Crippen LogP contribution in [0.3, 0.4) is 0 Å². The van der Waals surface area contributed by atoms with Crippen LogP contribution in [-0.2, 0) is 11.2 Å². The Hall–Kier alpha value is -1.72. The number of rotatable bonds is 3. The number of aryl methyl sites for hydroxylation is 1. The summed E-state index contributed by atoms with van der Waals surface area (Å²) >= 11 is 3.47. The summed E-state index contributed by atoms with van der Waals surface area (Å²) < 4.78 is 0. The van der Waals surface area contributed by atoms with Crippen LogP contribution >= 0.6 is 22.7 Å². The molecule has 2 aromatic rings. The van der Waals surface area contributed by atoms with Gasteiger partial charge in [-0.15, -0.1) is 22.7 Å². The van der Waals surface area contributed by atoms with E-state index in [0.29, 0.717) is 6.42 Å². The zero-order chi connectivity index (χ0) is 16.7. The predicted octanol–water partition coefficient (Wildman–Crippen LogP) is 4.76. The quantitative estimate of drug-likeness (QED) is 0.794. The molecule has 0 radical (unpaired) electrons. The molecular weight excluding hydrogens is 336 g/mol. The lowest BCUT2D eigenvalue weighted by molar-refractivity contribution is -0.130. The van der Waals surface area contributed by atoms with Crippen LogP contribution < -0.4 is 0 Å². The second-order valence-electron chi connectivity index (χ2n) is 6.26. The monoisotopic (exact) mass is 356 g/mol. The van der Waals surface area contributed by atoms with Gasteiger partial charge in [-0.05, 0) is 54.8 Å². The molecule has 3 heterocycles. The van der Waals surface area contributed by atoms with Gasteiger partial charge in [0.25, 0.3) is 5.91 Å². The Morgan fingerprint density at radius 3 is 3.04 bits per heavy atom. The molecule has 0 saturated carbocycles. The third-order valence-electron chi connectivity index (χ3n) is 4.80. The Bertz CT molecular complexity index is 843. The largest absolute Gasteiger partial charge is 0.331 e. The van der Waals surface area contributed by atoms with E-state index >= 15 is 0 Å². The summed E-state index contributed by atoms with van der Waals surface area (Å²) in [6.07, 6.45) is 6.83. The molecule has 124 valence electrons. The van der Waals surface area contributed by atoms with Crippen molar-refractivity contribution in [1.82, 2.24) is 9.88 Å². The number of carbonyl (C=O) groups is 1. The number of thiazole rings is 1. The van der Waals surface area contributed by atoms with Crippen molar-refractivity contribution in [2.45, 2.75) is 39.2 Å². The van der Waals surface area contributed by atoms with Crippen LogP contribution in [-0.4, -0.2) is 22.3 Å². The lowest BCUT2D eigenvalue weighted by Crippen LogP contribution is -2.39. The number of aromatic nitrogens is 1. The van der Waals surface area contributed by atoms with Gasteiger partial charge in [0, 0.05) is 22.4 Å². The molecule has 0 saturated heterocycles. The molecule has 2 aliphatic rings. The van der Waals surface area contributed by atoms with Crippen LogP contribution in [0.1, 0.15) is 46.9 Å². The van der Waals surface area contributed by atoms with Crippen molar-refractivity contribution in [2.75, 3.05) is 6.54 Å². The zero-order valence-electron chi connectivity index (χ0n) is 13.9. The minimum Gasteiger partial charge on any atom is -0.331 e. The van der Waals surface area contributed by atoms with Crippen molar-refractivity contribution < 1.29 is 4.79 Å². The van der Waals surface area contributed by atoms with Crippen LogP contribution in [0, 0.1) is 6.92 Å². The van der Waals surface area contributed by atoms with Crippen molar-refractivity contribution in [3.05, 3.63) is 55.7 Å². The lowest BCUT2D eigenvalue weighted by Gasteiger charge is -2.35. The minimum atomic E-state index is 0.192. The molecular formula is C19H20N2OS2. The second kappa shape index (κ2) is 6.30. The van der Waals surface area contributed by atoms with Gasteiger partial charge in [0.2, 0.25) is 0 Å². The van der Waals surface area contributed by atoms with E-state index in [1.807, 2.05) is 24.3 Å². The topological polar surface area (TPSA) is 33.2 Å². The van der Waals surface area contributed by atoms with Gasteiger partial charge in [0.05, 0.1) is 16.7 Å². The summed E-state index contributed by atoms with van der Waals surface area (Å²) in [6.45, 7) is 5.01. The minimum absolute atomic E-state index is 0.192. The fraction of sp³-hybridized carbons (Fsp3) is 0.368. The van der Waals surface area contributed by atoms with Crippen molar-refractivity contribution >= 4 is 34.2 Å². The van der Waals surface area contributed by atoms with Crippen molar-refractivity contribution in [1.29, 1.82) is 0 Å². The van der Waals surface area contributed by atoms with Crippen LogP contribution in [0.15, 0.2) is 34.6 Å². The summed E-state index contributed by atoms with van der Waals surface area (Å²) in [6, 6.07) is 2.41. The zero-order valence-corrected chi connectivity index (χ0v) is 15.5. The highest BCUT2D eigenvalue weighted by molar-refractivity contribution is 7.10. The summed E-state index contributed by atoms with van der Waals surface area (Å²) in [5.74, 6) is 0.192. The molecule has 4 rings (SSSR count). The fourth-order valence-corrected chi connectivity index (χ4v) is 5.16. The number of carbonyl (C=O) groups excluding carboxylic acids is 1. The molecule has 0 bridgehead atoms. The second-order valence-corrected chi connectivity index (χ2v) is 8.32. The molecule has 3 nitrogen and oxygen atoms in total. The van der Waals surface area contributed by atoms with Gasteiger partial charge in [-0.25, -0.2) is 4.98 Å². The Morgan fingerprint density at radius 2 is 2.29 bits per heavy atom. The van der Waals surface area contributed by atoms with Crippen molar-refractivity contribution in [2.24, 2.45) is 0 Å². The fourth-order valence-electron chi connectivity index (χ4n) is 3.61. The average Bonchev–Trinajstić information content (AvgIpc) is 3.32. The maximum Gasteiger partial charge on any atom is 0.250 e. The predicted molar refractivity (Wildman–Crippen MR) is 100 cm³/mol. The van der Waals surface area contributed by atoms with E-state index < -0.39 is 0 Å². The first-order chi connectivity index (χ1) is 11.7. The van der Waals surface area contributed by atoms with E-state index in [0.717, 1.165) is 41.2 Å². The Morgan fingerprint density at radius 1 is 1.42 bits per heavy atom. The van der Waals surface area contributed by atoms with Gasteiger partial charge < -0.3 is 4.90 Å². The maximum absolute atomic E-state index is 13.1. The third kappa shape index (κ3) is 2.66. The van der Waals surface area contributed by atoms with Gasteiger partial charge >= 0.3 is 0 Å². The normalized spacial score (nSPS) is 19.9. The molecule has 0 aromatic carbocycles. The molecule has 1 atom stereocenters. The molecule has 1 unspecified atom stereocenters. The van der Waals surface area contributed by atoms with Crippen LogP contribution in [0.4, 0.5) is 0 Å². The van der Waals surface area contributed by atoms with E-state index in [4.69, 9.17) is 0 Å². The third-order valence-corrected chi connectivity index (χ3v) is 6.57. The Balaban J connectivity index is 1.57. The van der Waals surface area contributed by atoms with Gasteiger partial charge in [-0.1, -0.05) is 13.0 Å². The number of allylic oxidation sites excluding steroid dienone is 3. The summed E-state index contributed by atoms with van der Waals surface area (Å²) in [4.78, 5) is 21.1. The highest BCUT2D eigenvalue weighted by atomic mass is 32.1. The highest BCUT2D eigenvalue weighted by Gasteiger charge is 2.32. The molecule has 24 heavy (non-hydrogen) atoms. The van der Waals surface area contributed by atoms with Crippen molar-refractivity contribution in [3.63, 3.8) is 0 Å². The van der Waals surface area contributed by atoms with E-state index in [9.17, 15) is 4.79 Å². The molecule has 0 N–H and O–H groups in total. The number of amides is 1. The first-order valence-electron chi connectivity index (χ1n) is 8.38. The first kappa shape index (κ1) is 15.8. The van der Waals surface area contributed by atoms with Crippen LogP contribution in [0.5, 0.6) is 0 Å². The molecule has 2 aromatic heterocycles. The molecule has 1 aliphatic heterocycles. The number of hydrogen-bond donors (Lipinski definition) is 0. The molecule has 1 amide bonds. The number of thiophene rings is 1. The molecule has 5 heteroatoms. The van der Waals surface area contributed by atoms with E-state index in [2.05, 4.69) is 39.7 Å². The van der Waals surface area contributed by atoms with Gasteiger partial charge in [0.15, 0.2) is 0 Å². The summed E-state index contributed by atoms with van der Waals surface area (Å²) in [5.41, 5.74) is 4.33. The van der Waals surface area contributed by atoms with Crippen LogP contribution in [0.2, 0.25) is 0 Å². The number of nitrogens with zero attached hydrogens (tertiary/aromatic N) is 2. The van der Waals surface area contributed by atoms with E-state index in [1.165, 1.54) is 10.4 Å². The average molecular weight is 357 g/mol. The van der Waals surface area contributed by atoms with E-state index in [-0.39, 0.29) is 11.9 Å². The van der Waals surface area contributed by atoms with Crippen molar-refractivity contribution in [3.8, 4) is 0 Å². The Kier molecular flexibility index (Phi) is 4.14. The molecule has 0 fully saturated rings. The maximum atomic E-state index is 13.1. The SMILES string of the molecule is CCC1c2ccsc2CCN1C(=O)C1=CC(c2csc(C)n2)=CC1. The molecule has 0 spiro atoms. The summed E-state index contributed by atoms with van der Waals surface area (Å²) in [7, 11) is 0. The van der Waals surface area contributed by atoms with Gasteiger partial charge in [0.1, 0.15) is 0 Å². The number of fused-ring (bicyclic) bond motifs is 1. The smallest absolute Gasteiger partial charge is 0.250 e. The lowest BCUT2D eigenvalue weighted by atomic mass is 9.96. The van der Waals surface area contributed by atoms with E-state index in [1.54, 1.807) is 11.3 Å². The number of hydrogen-bond acceptors (Lipinski definition) is 4. The molecule has 1 aliphatic carbocycles. The summed E-state index contributed by atoms with van der Waals surface area (Å²) in [5, 5.41) is 5.28. The van der Waals surface area contributed by atoms with Crippen LogP contribution in [0.25, 0.3) is 5.57 Å². The Labute approximate surface area is 150 Å². The van der Waals surface area contributed by atoms with Gasteiger partial charge in [-0.2, -0.15) is 0 Å². The standard InChI is InChI=1S/C19H20N2OS2/c1-3-17-15-7-9-23-18(15)6-8-21(17)19(22)14-5-4-13(10-14)16-11-24-12(2)20-16/h4,7,9-11,17H,3,5-6,8H2,1-2H3. The first-order valence-corrected chi connectivity index (χ1v) is 10.1. The highest BCUT2D eigenvalue weighted by Crippen LogP contribution is 2.37. The van der Waals surface area contributed by atoms with Gasteiger partial charge in [-0.3, -0.25) is 4.79 Å².